The van der Waals surface area contributed by atoms with Gasteiger partial charge in [-0.25, -0.2) is 0 Å². The van der Waals surface area contributed by atoms with Crippen molar-refractivity contribution in [2.24, 2.45) is 0 Å². The van der Waals surface area contributed by atoms with Crippen molar-refractivity contribution in [3.8, 4) is 0 Å². The van der Waals surface area contributed by atoms with Crippen LogP contribution in [0, 0.1) is 0 Å². The van der Waals surface area contributed by atoms with Gasteiger partial charge in [0.05, 0.1) is 27.7 Å². The van der Waals surface area contributed by atoms with Gasteiger partial charge < -0.3 is 27.9 Å². The number of ether oxygens (including phenoxy) is 2. The van der Waals surface area contributed by atoms with E-state index in [9.17, 15) is 19.0 Å². The van der Waals surface area contributed by atoms with E-state index in [1.165, 1.54) is 180 Å². The molecule has 0 aromatic rings. The van der Waals surface area contributed by atoms with E-state index in [0.717, 1.165) is 64.2 Å². The normalized spacial score (nSPS) is 13.5. The highest BCUT2D eigenvalue weighted by Gasteiger charge is 2.22. The van der Waals surface area contributed by atoms with Gasteiger partial charge in [-0.3, -0.25) is 14.2 Å². The maximum absolute atomic E-state index is 12.8. The molecular weight excluding hydrogens is 882 g/mol. The average Bonchev–Trinajstić information content (AvgIpc) is 3.31. The average molecular weight is 995 g/mol. The first-order valence-corrected chi connectivity index (χ1v) is 30.7. The molecule has 0 fully saturated rings. The topological polar surface area (TPSA) is 111 Å². The van der Waals surface area contributed by atoms with Crippen LogP contribution in [0.1, 0.15) is 277 Å². The number of carbonyl (C=O) groups excluding carboxylic acids is 2. The van der Waals surface area contributed by atoms with Crippen molar-refractivity contribution in [2.45, 2.75) is 283 Å². The minimum absolute atomic E-state index is 0.0306. The van der Waals surface area contributed by atoms with Gasteiger partial charge in [0.2, 0.25) is 0 Å². The summed E-state index contributed by atoms with van der Waals surface area (Å²) in [6, 6.07) is 0. The molecule has 0 radical (unpaired) electrons. The molecule has 0 aliphatic heterocycles. The molecule has 406 valence electrons. The van der Waals surface area contributed by atoms with E-state index >= 15 is 0 Å². The standard InChI is InChI=1S/C59H112NO8P/c1-6-8-10-12-14-16-18-20-22-24-25-26-27-28-29-30-31-32-33-34-35-36-38-40-42-44-46-48-50-52-59(62)68-57(56-67-69(63,64)66-54-53-60(3,4)5)55-65-58(61)51-49-47-45-43-41-39-37-23-21-19-17-15-13-11-9-7-2/h18,20,23-25,37,57H,6-17,19,21-22,26-36,38-56H2,1-5H3/b20-18-,25-24-,37-23-. The van der Waals surface area contributed by atoms with E-state index in [0.29, 0.717) is 17.4 Å². The zero-order chi connectivity index (χ0) is 50.6. The second kappa shape index (κ2) is 51.1. The molecule has 10 heteroatoms. The predicted octanol–water partition coefficient (Wildman–Crippen LogP) is 17.4. The van der Waals surface area contributed by atoms with Crippen LogP contribution in [0.2, 0.25) is 0 Å². The molecule has 0 aromatic heterocycles. The lowest BCUT2D eigenvalue weighted by atomic mass is 10.0. The van der Waals surface area contributed by atoms with E-state index in [4.69, 9.17) is 18.5 Å². The van der Waals surface area contributed by atoms with Gasteiger partial charge in [-0.2, -0.15) is 0 Å². The van der Waals surface area contributed by atoms with Crippen LogP contribution >= 0.6 is 7.82 Å². The summed E-state index contributed by atoms with van der Waals surface area (Å²) in [5, 5.41) is 0. The van der Waals surface area contributed by atoms with Gasteiger partial charge in [-0.1, -0.05) is 230 Å². The minimum Gasteiger partial charge on any atom is -0.756 e. The first kappa shape index (κ1) is 67.2. The Morgan fingerprint density at radius 3 is 1.16 bits per heavy atom. The van der Waals surface area contributed by atoms with Crippen molar-refractivity contribution in [3.05, 3.63) is 36.5 Å². The number of nitrogens with zero attached hydrogens (tertiary/aromatic N) is 1. The molecule has 69 heavy (non-hydrogen) atoms. The first-order valence-electron chi connectivity index (χ1n) is 29.2. The van der Waals surface area contributed by atoms with Crippen LogP contribution in [0.25, 0.3) is 0 Å². The van der Waals surface area contributed by atoms with Crippen LogP contribution in [-0.2, 0) is 32.7 Å². The number of allylic oxidation sites excluding steroid dienone is 6. The number of esters is 2. The lowest BCUT2D eigenvalue weighted by Crippen LogP contribution is -2.37. The molecule has 0 saturated carbocycles. The maximum atomic E-state index is 12.8. The van der Waals surface area contributed by atoms with Crippen molar-refractivity contribution in [2.75, 3.05) is 47.5 Å². The fraction of sp³-hybridized carbons (Fsp3) is 0.864. The summed E-state index contributed by atoms with van der Waals surface area (Å²) in [7, 11) is 1.17. The van der Waals surface area contributed by atoms with Gasteiger partial charge in [0.1, 0.15) is 19.8 Å². The Labute approximate surface area is 427 Å². The number of hydrogen-bond donors (Lipinski definition) is 0. The summed E-state index contributed by atoms with van der Waals surface area (Å²) < 4.78 is 34.1. The zero-order valence-electron chi connectivity index (χ0n) is 46.0. The Hall–Kier alpha value is -1.77. The number of unbranched alkanes of at least 4 members (excludes halogenated alkanes) is 34. The lowest BCUT2D eigenvalue weighted by molar-refractivity contribution is -0.870. The third-order valence-corrected chi connectivity index (χ3v) is 13.8. The van der Waals surface area contributed by atoms with E-state index in [1.807, 2.05) is 21.1 Å². The van der Waals surface area contributed by atoms with Crippen molar-refractivity contribution < 1.29 is 42.1 Å². The van der Waals surface area contributed by atoms with Crippen molar-refractivity contribution >= 4 is 19.8 Å². The van der Waals surface area contributed by atoms with Gasteiger partial charge >= 0.3 is 11.9 Å². The summed E-state index contributed by atoms with van der Waals surface area (Å²) in [5.41, 5.74) is 0. The minimum atomic E-state index is -4.63. The van der Waals surface area contributed by atoms with Gasteiger partial charge in [0, 0.05) is 12.8 Å². The van der Waals surface area contributed by atoms with Crippen LogP contribution in [-0.4, -0.2) is 70.0 Å². The number of phosphoric acid groups is 1. The van der Waals surface area contributed by atoms with E-state index in [2.05, 4.69) is 50.3 Å². The van der Waals surface area contributed by atoms with E-state index < -0.39 is 26.5 Å². The SMILES string of the molecule is CCCCCCC/C=C\C/C=C\CCCCCCCCCCCCCCCCCCCC(=O)OC(COC(=O)CCCCCCC/C=C\CCCCCCCCC)COP(=O)([O-])OCC[N+](C)(C)C. The molecule has 0 aliphatic carbocycles. The Morgan fingerprint density at radius 1 is 0.449 bits per heavy atom. The number of quaternary nitrogens is 1. The van der Waals surface area contributed by atoms with Crippen molar-refractivity contribution in [1.29, 1.82) is 0 Å². The smallest absolute Gasteiger partial charge is 0.306 e. The van der Waals surface area contributed by atoms with Crippen LogP contribution in [0.3, 0.4) is 0 Å². The molecule has 2 atom stereocenters. The van der Waals surface area contributed by atoms with Crippen LogP contribution in [0.5, 0.6) is 0 Å². The Balaban J connectivity index is 4.09. The molecule has 0 N–H and O–H groups in total. The molecule has 0 amide bonds. The van der Waals surface area contributed by atoms with Crippen LogP contribution in [0.4, 0.5) is 0 Å². The van der Waals surface area contributed by atoms with Gasteiger partial charge in [0.15, 0.2) is 6.10 Å². The number of carbonyl (C=O) groups is 2. The van der Waals surface area contributed by atoms with Gasteiger partial charge in [-0.15, -0.1) is 0 Å². The quantitative estimate of drug-likeness (QED) is 0.0195. The third-order valence-electron chi connectivity index (χ3n) is 12.9. The lowest BCUT2D eigenvalue weighted by Gasteiger charge is -2.28. The predicted molar refractivity (Wildman–Crippen MR) is 291 cm³/mol. The molecule has 0 aromatic carbocycles. The number of likely N-dealkylation sites (N-methyl/N-ethyl adjacent to an activating group) is 1. The number of hydrogen-bond acceptors (Lipinski definition) is 8. The van der Waals surface area contributed by atoms with Crippen molar-refractivity contribution in [3.63, 3.8) is 0 Å². The Kier molecular flexibility index (Phi) is 49.8. The summed E-state index contributed by atoms with van der Waals surface area (Å²) in [4.78, 5) is 37.8. The molecular formula is C59H112NO8P. The van der Waals surface area contributed by atoms with Gasteiger partial charge in [-0.05, 0) is 70.6 Å². The highest BCUT2D eigenvalue weighted by molar-refractivity contribution is 7.45. The molecule has 0 saturated heterocycles. The third kappa shape index (κ3) is 55.4. The first-order chi connectivity index (χ1) is 33.5. The Morgan fingerprint density at radius 2 is 0.783 bits per heavy atom. The van der Waals surface area contributed by atoms with Crippen LogP contribution in [0.15, 0.2) is 36.5 Å². The summed E-state index contributed by atoms with van der Waals surface area (Å²) in [6.07, 6.45) is 61.9. The highest BCUT2D eigenvalue weighted by Crippen LogP contribution is 2.38. The summed E-state index contributed by atoms with van der Waals surface area (Å²) >= 11 is 0. The molecule has 0 spiro atoms. The largest absolute Gasteiger partial charge is 0.756 e. The maximum Gasteiger partial charge on any atom is 0.306 e. The van der Waals surface area contributed by atoms with Crippen molar-refractivity contribution in [1.82, 2.24) is 0 Å². The number of rotatable bonds is 54. The molecule has 2 unspecified atom stereocenters. The fourth-order valence-corrected chi connectivity index (χ4v) is 9.06. The van der Waals surface area contributed by atoms with E-state index in [1.54, 1.807) is 0 Å². The van der Waals surface area contributed by atoms with Gasteiger partial charge in [0.25, 0.3) is 7.82 Å². The monoisotopic (exact) mass is 994 g/mol. The molecule has 0 bridgehead atoms. The van der Waals surface area contributed by atoms with Crippen LogP contribution < -0.4 is 4.89 Å². The highest BCUT2D eigenvalue weighted by atomic mass is 31.2. The molecule has 0 heterocycles. The second-order valence-electron chi connectivity index (χ2n) is 21.0. The molecule has 0 aliphatic rings. The fourth-order valence-electron chi connectivity index (χ4n) is 8.33. The summed E-state index contributed by atoms with van der Waals surface area (Å²) in [6.45, 7) is 4.25. The molecule has 0 rings (SSSR count). The molecule has 9 nitrogen and oxygen atoms in total. The second-order valence-corrected chi connectivity index (χ2v) is 22.4. The summed E-state index contributed by atoms with van der Waals surface area (Å²) in [5.74, 6) is -0.832. The Bertz CT molecular complexity index is 1260. The zero-order valence-corrected chi connectivity index (χ0v) is 46.9. The number of phosphoric ester groups is 1. The van der Waals surface area contributed by atoms with E-state index in [-0.39, 0.29) is 32.0 Å².